The van der Waals surface area contributed by atoms with Crippen molar-refractivity contribution in [3.8, 4) is 0 Å². The van der Waals surface area contributed by atoms with Crippen LogP contribution in [0.15, 0.2) is 95.5 Å². The quantitative estimate of drug-likeness (QED) is 0.392. The molecule has 1 unspecified atom stereocenters. The van der Waals surface area contributed by atoms with Crippen molar-refractivity contribution in [3.63, 3.8) is 0 Å². The molecule has 2 heterocycles. The first-order valence-electron chi connectivity index (χ1n) is 10.3. The minimum absolute atomic E-state index is 0.301. The molecule has 140 valence electrons. The van der Waals surface area contributed by atoms with Crippen LogP contribution in [-0.2, 0) is 5.41 Å². The average Bonchev–Trinajstić information content (AvgIpc) is 3.31. The van der Waals surface area contributed by atoms with Gasteiger partial charge >= 0.3 is 0 Å². The number of nitrogens with zero attached hydrogens (tertiary/aromatic N) is 1. The third-order valence-electron chi connectivity index (χ3n) is 6.49. The molecule has 0 spiro atoms. The van der Waals surface area contributed by atoms with Crippen LogP contribution in [0.3, 0.4) is 0 Å². The number of allylic oxidation sites excluding steroid dienone is 4. The molecule has 1 aliphatic heterocycles. The summed E-state index contributed by atoms with van der Waals surface area (Å²) in [4.78, 5) is 8.92. The molecule has 1 N–H and O–H groups in total. The fourth-order valence-electron chi connectivity index (χ4n) is 5.05. The molecule has 1 aliphatic carbocycles. The molecular formula is C27H22N2. The number of rotatable bonds is 2. The summed E-state index contributed by atoms with van der Waals surface area (Å²) < 4.78 is 0. The number of hydrogen-bond acceptors (Lipinski definition) is 1. The molecule has 2 heteroatoms. The van der Waals surface area contributed by atoms with Crippen molar-refractivity contribution in [3.05, 3.63) is 102 Å². The Morgan fingerprint density at radius 1 is 0.862 bits per heavy atom. The van der Waals surface area contributed by atoms with E-state index in [0.29, 0.717) is 0 Å². The second-order valence-corrected chi connectivity index (χ2v) is 8.14. The van der Waals surface area contributed by atoms with Crippen molar-refractivity contribution in [2.45, 2.75) is 25.2 Å². The minimum atomic E-state index is -0.301. The van der Waals surface area contributed by atoms with Crippen LogP contribution in [0, 0.1) is 0 Å². The summed E-state index contributed by atoms with van der Waals surface area (Å²) in [6.07, 6.45) is 9.04. The highest BCUT2D eigenvalue weighted by molar-refractivity contribution is 6.20. The van der Waals surface area contributed by atoms with Gasteiger partial charge in [-0.1, -0.05) is 72.8 Å². The number of aromatic amines is 1. The molecule has 29 heavy (non-hydrogen) atoms. The third kappa shape index (κ3) is 2.26. The lowest BCUT2D eigenvalue weighted by atomic mass is 9.70. The molecule has 0 amide bonds. The van der Waals surface area contributed by atoms with E-state index < -0.39 is 0 Å². The van der Waals surface area contributed by atoms with E-state index in [2.05, 4.69) is 96.9 Å². The van der Waals surface area contributed by atoms with Crippen LogP contribution in [0.5, 0.6) is 0 Å². The summed E-state index contributed by atoms with van der Waals surface area (Å²) in [5, 5.41) is 2.54. The smallest absolute Gasteiger partial charge is 0.0700 e. The van der Waals surface area contributed by atoms with Gasteiger partial charge in [0.2, 0.25) is 0 Å². The Morgan fingerprint density at radius 2 is 1.69 bits per heavy atom. The summed E-state index contributed by atoms with van der Waals surface area (Å²) in [7, 11) is 0. The number of benzene rings is 3. The van der Waals surface area contributed by atoms with Crippen LogP contribution in [0.25, 0.3) is 21.8 Å². The zero-order valence-electron chi connectivity index (χ0n) is 16.4. The molecule has 2 aliphatic rings. The molecule has 0 radical (unpaired) electrons. The zero-order valence-corrected chi connectivity index (χ0v) is 16.4. The van der Waals surface area contributed by atoms with Crippen LogP contribution in [0.4, 0.5) is 5.69 Å². The Morgan fingerprint density at radius 3 is 2.52 bits per heavy atom. The normalized spacial score (nSPS) is 20.7. The van der Waals surface area contributed by atoms with E-state index >= 15 is 0 Å². The topological polar surface area (TPSA) is 28.1 Å². The fraction of sp³-hybridized carbons (Fsp3) is 0.148. The van der Waals surface area contributed by atoms with Gasteiger partial charge in [-0.05, 0) is 43.0 Å². The van der Waals surface area contributed by atoms with Gasteiger partial charge in [0.25, 0.3) is 0 Å². The second kappa shape index (κ2) is 6.05. The number of hydrogen-bond donors (Lipinski definition) is 1. The van der Waals surface area contributed by atoms with Crippen molar-refractivity contribution in [2.24, 2.45) is 4.99 Å². The molecular weight excluding hydrogens is 352 g/mol. The maximum atomic E-state index is 5.20. The van der Waals surface area contributed by atoms with E-state index in [9.17, 15) is 0 Å². The van der Waals surface area contributed by atoms with E-state index in [1.54, 1.807) is 0 Å². The molecule has 6 rings (SSSR count). The van der Waals surface area contributed by atoms with Gasteiger partial charge in [-0.15, -0.1) is 0 Å². The average molecular weight is 374 g/mol. The molecule has 0 saturated heterocycles. The van der Waals surface area contributed by atoms with Gasteiger partial charge in [0.05, 0.1) is 22.3 Å². The van der Waals surface area contributed by atoms with Crippen LogP contribution in [0.1, 0.15) is 30.9 Å². The highest BCUT2D eigenvalue weighted by Gasteiger charge is 2.43. The number of para-hydroxylation sites is 1. The van der Waals surface area contributed by atoms with Crippen LogP contribution in [-0.4, -0.2) is 10.7 Å². The van der Waals surface area contributed by atoms with Gasteiger partial charge in [-0.3, -0.25) is 4.99 Å². The second-order valence-electron chi connectivity index (χ2n) is 8.14. The van der Waals surface area contributed by atoms with Gasteiger partial charge in [0.15, 0.2) is 0 Å². The Labute approximate surface area is 170 Å². The minimum Gasteiger partial charge on any atom is -0.354 e. The molecule has 1 aromatic heterocycles. The highest BCUT2D eigenvalue weighted by atomic mass is 14.9. The van der Waals surface area contributed by atoms with Crippen molar-refractivity contribution >= 4 is 33.2 Å². The number of aliphatic imine (C=N–C) groups is 1. The largest absolute Gasteiger partial charge is 0.354 e. The van der Waals surface area contributed by atoms with Crippen molar-refractivity contribution in [2.75, 3.05) is 0 Å². The lowest BCUT2D eigenvalue weighted by Crippen LogP contribution is -2.32. The summed E-state index contributed by atoms with van der Waals surface area (Å²) >= 11 is 0. The van der Waals surface area contributed by atoms with Crippen molar-refractivity contribution < 1.29 is 0 Å². The summed E-state index contributed by atoms with van der Waals surface area (Å²) in [5.74, 6) is 0. The Balaban J connectivity index is 1.70. The van der Waals surface area contributed by atoms with E-state index in [0.717, 1.165) is 24.2 Å². The van der Waals surface area contributed by atoms with E-state index in [1.807, 2.05) is 0 Å². The molecule has 2 nitrogen and oxygen atoms in total. The highest BCUT2D eigenvalue weighted by Crippen LogP contribution is 2.50. The number of aromatic nitrogens is 1. The lowest BCUT2D eigenvalue weighted by molar-refractivity contribution is 0.798. The monoisotopic (exact) mass is 374 g/mol. The first-order valence-corrected chi connectivity index (χ1v) is 10.3. The Hall–Kier alpha value is -3.39. The molecule has 1 atom stereocenters. The Bertz CT molecular complexity index is 1350. The summed E-state index contributed by atoms with van der Waals surface area (Å²) in [6.45, 7) is 2.33. The third-order valence-corrected chi connectivity index (χ3v) is 6.49. The van der Waals surface area contributed by atoms with Crippen LogP contribution in [0.2, 0.25) is 0 Å². The molecule has 3 aromatic carbocycles. The molecule has 0 saturated carbocycles. The van der Waals surface area contributed by atoms with Crippen LogP contribution < -0.4 is 0 Å². The van der Waals surface area contributed by atoms with Gasteiger partial charge in [-0.2, -0.15) is 0 Å². The Kier molecular flexibility index (Phi) is 3.45. The standard InChI is InChI=1S/C27H22N2/c1-27(19-12-6-3-7-13-19)24-23(29-26(27)18-10-4-2-5-11-18)17-16-21-20-14-8-9-15-22(20)28-25(21)24/h3-4,6-17,28H,2,5H2,1H3. The van der Waals surface area contributed by atoms with Crippen molar-refractivity contribution in [1.29, 1.82) is 0 Å². The molecule has 4 aromatic rings. The molecule has 0 fully saturated rings. The SMILES string of the molecule is CC1(c2ccccc2)C(C2=CCCC=C2)=Nc2ccc3c([nH]c4ccccc43)c21. The van der Waals surface area contributed by atoms with Gasteiger partial charge in [0, 0.05) is 21.9 Å². The predicted octanol–water partition coefficient (Wildman–Crippen LogP) is 6.99. The van der Waals surface area contributed by atoms with E-state index in [-0.39, 0.29) is 5.41 Å². The van der Waals surface area contributed by atoms with E-state index in [1.165, 1.54) is 38.5 Å². The van der Waals surface area contributed by atoms with Crippen molar-refractivity contribution in [1.82, 2.24) is 4.98 Å². The van der Waals surface area contributed by atoms with E-state index in [4.69, 9.17) is 4.99 Å². The first kappa shape index (κ1) is 16.6. The van der Waals surface area contributed by atoms with Crippen LogP contribution >= 0.6 is 0 Å². The maximum absolute atomic E-state index is 5.20. The van der Waals surface area contributed by atoms with Gasteiger partial charge < -0.3 is 4.98 Å². The first-order chi connectivity index (χ1) is 14.3. The maximum Gasteiger partial charge on any atom is 0.0700 e. The fourth-order valence-corrected chi connectivity index (χ4v) is 5.05. The lowest BCUT2D eigenvalue weighted by Gasteiger charge is -2.30. The van der Waals surface area contributed by atoms with Gasteiger partial charge in [-0.25, -0.2) is 0 Å². The summed E-state index contributed by atoms with van der Waals surface area (Å²) in [5.41, 5.74) is 8.13. The zero-order chi connectivity index (χ0) is 19.4. The van der Waals surface area contributed by atoms with Gasteiger partial charge in [0.1, 0.15) is 0 Å². The number of nitrogens with one attached hydrogen (secondary N) is 1. The molecule has 0 bridgehead atoms. The predicted molar refractivity (Wildman–Crippen MR) is 122 cm³/mol. The summed E-state index contributed by atoms with van der Waals surface area (Å²) in [6, 6.07) is 23.8. The number of fused-ring (bicyclic) bond motifs is 5. The number of H-pyrrole nitrogens is 1.